The zero-order valence-corrected chi connectivity index (χ0v) is 6.10. The summed E-state index contributed by atoms with van der Waals surface area (Å²) in [7, 11) is 0. The summed E-state index contributed by atoms with van der Waals surface area (Å²) in [6.07, 6.45) is 5.07. The van der Waals surface area contributed by atoms with Gasteiger partial charge in [-0.25, -0.2) is 0 Å². The highest BCUT2D eigenvalue weighted by molar-refractivity contribution is 5.91. The van der Waals surface area contributed by atoms with Gasteiger partial charge in [0.1, 0.15) is 0 Å². The monoisotopic (exact) mass is 139 g/mol. The molecule has 0 aromatic heterocycles. The quantitative estimate of drug-likeness (QED) is 0.540. The molecule has 2 rings (SSSR count). The van der Waals surface area contributed by atoms with Gasteiger partial charge in [-0.2, -0.15) is 0 Å². The van der Waals surface area contributed by atoms with E-state index in [0.717, 1.165) is 25.7 Å². The zero-order valence-electron chi connectivity index (χ0n) is 6.10. The second-order valence-electron chi connectivity index (χ2n) is 3.59. The van der Waals surface area contributed by atoms with Crippen LogP contribution in [0.5, 0.6) is 0 Å². The van der Waals surface area contributed by atoms with Gasteiger partial charge >= 0.3 is 0 Å². The molecule has 2 unspecified atom stereocenters. The summed E-state index contributed by atoms with van der Waals surface area (Å²) in [6.45, 7) is 0. The smallest absolute Gasteiger partial charge is 0.152 e. The van der Waals surface area contributed by atoms with E-state index >= 15 is 0 Å². The molecule has 2 atom stereocenters. The average Bonchev–Trinajstić information content (AvgIpc) is 2.36. The van der Waals surface area contributed by atoms with Crippen molar-refractivity contribution >= 4 is 5.78 Å². The molecule has 0 bridgehead atoms. The second-order valence-corrected chi connectivity index (χ2v) is 3.59. The molecule has 2 aliphatic carbocycles. The minimum atomic E-state index is -0.375. The molecule has 0 saturated heterocycles. The van der Waals surface area contributed by atoms with Crippen LogP contribution in [0.2, 0.25) is 0 Å². The molecule has 2 saturated carbocycles. The molecule has 2 heteroatoms. The number of Topliss-reactive ketones (excluding diaryl/α,β-unsaturated/α-hetero) is 1. The molecule has 2 fully saturated rings. The number of rotatable bonds is 0. The lowest BCUT2D eigenvalue weighted by Crippen LogP contribution is -2.45. The van der Waals surface area contributed by atoms with Gasteiger partial charge in [0, 0.05) is 6.42 Å². The van der Waals surface area contributed by atoms with E-state index in [2.05, 4.69) is 0 Å². The van der Waals surface area contributed by atoms with E-state index in [1.54, 1.807) is 0 Å². The summed E-state index contributed by atoms with van der Waals surface area (Å²) in [4.78, 5) is 11.3. The highest BCUT2D eigenvalue weighted by atomic mass is 16.1. The Labute approximate surface area is 60.8 Å². The van der Waals surface area contributed by atoms with Crippen LogP contribution in [0.3, 0.4) is 0 Å². The van der Waals surface area contributed by atoms with Crippen LogP contribution in [-0.2, 0) is 4.79 Å². The molecule has 56 valence electrons. The standard InChI is InChI=1S/C8H13NO/c9-8-5-1-2-6(8)3-4-7(8)10/h6H,1-5,9H2. The Bertz CT molecular complexity index is 178. The van der Waals surface area contributed by atoms with E-state index in [1.165, 1.54) is 6.42 Å². The van der Waals surface area contributed by atoms with E-state index in [4.69, 9.17) is 5.73 Å². The van der Waals surface area contributed by atoms with Gasteiger partial charge < -0.3 is 5.73 Å². The van der Waals surface area contributed by atoms with Gasteiger partial charge in [0.2, 0.25) is 0 Å². The summed E-state index contributed by atoms with van der Waals surface area (Å²) in [5.74, 6) is 0.843. The number of nitrogens with two attached hydrogens (primary N) is 1. The lowest BCUT2D eigenvalue weighted by Gasteiger charge is -2.20. The largest absolute Gasteiger partial charge is 0.319 e. The zero-order chi connectivity index (χ0) is 7.19. The van der Waals surface area contributed by atoms with Crippen LogP contribution in [-0.4, -0.2) is 11.3 Å². The summed E-state index contributed by atoms with van der Waals surface area (Å²) >= 11 is 0. The Balaban J connectivity index is 2.30. The third kappa shape index (κ3) is 0.601. The fourth-order valence-corrected chi connectivity index (χ4v) is 2.41. The van der Waals surface area contributed by atoms with Gasteiger partial charge in [0.15, 0.2) is 5.78 Å². The van der Waals surface area contributed by atoms with Crippen molar-refractivity contribution < 1.29 is 4.79 Å². The number of carbonyl (C=O) groups excluding carboxylic acids is 1. The van der Waals surface area contributed by atoms with Crippen LogP contribution in [0.1, 0.15) is 32.1 Å². The fourth-order valence-electron chi connectivity index (χ4n) is 2.41. The first-order valence-electron chi connectivity index (χ1n) is 4.06. The van der Waals surface area contributed by atoms with E-state index < -0.39 is 0 Å². The normalized spacial score (nSPS) is 46.1. The first-order valence-corrected chi connectivity index (χ1v) is 4.06. The number of carbonyl (C=O) groups is 1. The van der Waals surface area contributed by atoms with Gasteiger partial charge in [-0.3, -0.25) is 4.79 Å². The van der Waals surface area contributed by atoms with Gasteiger partial charge in [0.05, 0.1) is 5.54 Å². The molecule has 0 aromatic rings. The molecule has 0 aromatic carbocycles. The Morgan fingerprint density at radius 3 is 3.00 bits per heavy atom. The topological polar surface area (TPSA) is 43.1 Å². The van der Waals surface area contributed by atoms with Crippen molar-refractivity contribution in [1.29, 1.82) is 0 Å². The second kappa shape index (κ2) is 1.82. The number of hydrogen-bond acceptors (Lipinski definition) is 2. The summed E-state index contributed by atoms with van der Waals surface area (Å²) in [5.41, 5.74) is 5.58. The van der Waals surface area contributed by atoms with Crippen LogP contribution in [0, 0.1) is 5.92 Å². The van der Waals surface area contributed by atoms with Gasteiger partial charge in [-0.1, -0.05) is 6.42 Å². The Kier molecular flexibility index (Phi) is 1.15. The molecule has 10 heavy (non-hydrogen) atoms. The molecular formula is C8H13NO. The van der Waals surface area contributed by atoms with Crippen molar-refractivity contribution in [2.45, 2.75) is 37.6 Å². The van der Waals surface area contributed by atoms with Crippen molar-refractivity contribution in [3.63, 3.8) is 0 Å². The number of hydrogen-bond donors (Lipinski definition) is 1. The van der Waals surface area contributed by atoms with Crippen molar-refractivity contribution in [3.8, 4) is 0 Å². The Morgan fingerprint density at radius 2 is 2.30 bits per heavy atom. The maximum absolute atomic E-state index is 11.3. The lowest BCUT2D eigenvalue weighted by molar-refractivity contribution is -0.122. The van der Waals surface area contributed by atoms with Gasteiger partial charge in [-0.05, 0) is 25.2 Å². The lowest BCUT2D eigenvalue weighted by atomic mass is 9.91. The average molecular weight is 139 g/mol. The first-order chi connectivity index (χ1) is 4.73. The summed E-state index contributed by atoms with van der Waals surface area (Å²) in [5, 5.41) is 0. The fraction of sp³-hybridized carbons (Fsp3) is 0.875. The predicted octanol–water partition coefficient (Wildman–Crippen LogP) is 0.847. The molecule has 0 amide bonds. The molecule has 0 aliphatic heterocycles. The van der Waals surface area contributed by atoms with Crippen LogP contribution in [0.25, 0.3) is 0 Å². The number of ketones is 1. The van der Waals surface area contributed by atoms with Crippen molar-refractivity contribution in [2.75, 3.05) is 0 Å². The molecule has 0 radical (unpaired) electrons. The van der Waals surface area contributed by atoms with E-state index in [0.29, 0.717) is 11.7 Å². The maximum atomic E-state index is 11.3. The molecule has 2 nitrogen and oxygen atoms in total. The van der Waals surface area contributed by atoms with Crippen LogP contribution in [0.15, 0.2) is 0 Å². The van der Waals surface area contributed by atoms with Gasteiger partial charge in [0.25, 0.3) is 0 Å². The van der Waals surface area contributed by atoms with Crippen LogP contribution >= 0.6 is 0 Å². The number of fused-ring (bicyclic) bond motifs is 1. The maximum Gasteiger partial charge on any atom is 0.152 e. The minimum absolute atomic E-state index is 0.315. The van der Waals surface area contributed by atoms with Crippen molar-refractivity contribution in [2.24, 2.45) is 11.7 Å². The summed E-state index contributed by atoms with van der Waals surface area (Å²) in [6, 6.07) is 0. The van der Waals surface area contributed by atoms with E-state index in [-0.39, 0.29) is 5.54 Å². The highest BCUT2D eigenvalue weighted by Crippen LogP contribution is 2.43. The Morgan fingerprint density at radius 1 is 1.50 bits per heavy atom. The van der Waals surface area contributed by atoms with Crippen molar-refractivity contribution in [3.05, 3.63) is 0 Å². The van der Waals surface area contributed by atoms with Gasteiger partial charge in [-0.15, -0.1) is 0 Å². The molecule has 2 aliphatic rings. The molecule has 0 heterocycles. The predicted molar refractivity (Wildman–Crippen MR) is 38.5 cm³/mol. The van der Waals surface area contributed by atoms with Crippen LogP contribution in [0.4, 0.5) is 0 Å². The molecule has 2 N–H and O–H groups in total. The molecular weight excluding hydrogens is 126 g/mol. The first kappa shape index (κ1) is 6.35. The van der Waals surface area contributed by atoms with E-state index in [1.807, 2.05) is 0 Å². The molecule has 0 spiro atoms. The van der Waals surface area contributed by atoms with Crippen molar-refractivity contribution in [1.82, 2.24) is 0 Å². The third-order valence-corrected chi connectivity index (χ3v) is 3.11. The third-order valence-electron chi connectivity index (χ3n) is 3.11. The SMILES string of the molecule is NC12CCCC1CCC2=O. The van der Waals surface area contributed by atoms with Crippen LogP contribution < -0.4 is 5.73 Å². The highest BCUT2D eigenvalue weighted by Gasteiger charge is 2.49. The summed E-state index contributed by atoms with van der Waals surface area (Å²) < 4.78 is 0. The minimum Gasteiger partial charge on any atom is -0.319 e. The Hall–Kier alpha value is -0.370. The van der Waals surface area contributed by atoms with E-state index in [9.17, 15) is 4.79 Å².